The third-order valence-electron chi connectivity index (χ3n) is 4.56. The van der Waals surface area contributed by atoms with E-state index in [1.807, 2.05) is 6.92 Å². The fourth-order valence-corrected chi connectivity index (χ4v) is 3.51. The van der Waals surface area contributed by atoms with E-state index < -0.39 is 5.41 Å². The zero-order chi connectivity index (χ0) is 10.3. The molecule has 0 aromatic carbocycles. The molecular weight excluding hydrogens is 176 g/mol. The maximum absolute atomic E-state index is 12.0. The molecule has 0 aliphatic heterocycles. The lowest BCUT2D eigenvalue weighted by Crippen LogP contribution is -2.41. The molecule has 2 saturated carbocycles. The molecule has 80 valence electrons. The van der Waals surface area contributed by atoms with E-state index in [0.717, 1.165) is 25.7 Å². The normalized spacial score (nSPS) is 48.8. The van der Waals surface area contributed by atoms with Crippen molar-refractivity contribution in [2.75, 3.05) is 0 Å². The Hall–Kier alpha value is -0.370. The lowest BCUT2D eigenvalue weighted by Gasteiger charge is -2.34. The summed E-state index contributed by atoms with van der Waals surface area (Å²) in [4.78, 5) is 12.0. The van der Waals surface area contributed by atoms with Crippen LogP contribution in [-0.4, -0.2) is 17.0 Å². The van der Waals surface area contributed by atoms with E-state index in [9.17, 15) is 9.90 Å². The van der Waals surface area contributed by atoms with Gasteiger partial charge in [0.1, 0.15) is 5.78 Å². The van der Waals surface area contributed by atoms with Gasteiger partial charge in [-0.15, -0.1) is 0 Å². The maximum atomic E-state index is 12.0. The Morgan fingerprint density at radius 3 is 2.79 bits per heavy atom. The van der Waals surface area contributed by atoms with Crippen LogP contribution >= 0.6 is 0 Å². The first-order valence-electron chi connectivity index (χ1n) is 5.78. The third-order valence-corrected chi connectivity index (χ3v) is 4.56. The number of ketones is 1. The molecular formula is C12H20O2. The number of fused-ring (bicyclic) bond motifs is 1. The van der Waals surface area contributed by atoms with Crippen LogP contribution in [0.5, 0.6) is 0 Å². The van der Waals surface area contributed by atoms with E-state index in [-0.39, 0.29) is 6.10 Å². The minimum Gasteiger partial charge on any atom is -0.392 e. The summed E-state index contributed by atoms with van der Waals surface area (Å²) in [6.07, 6.45) is 4.30. The second kappa shape index (κ2) is 3.34. The first-order valence-corrected chi connectivity index (χ1v) is 5.78. The van der Waals surface area contributed by atoms with Crippen molar-refractivity contribution in [3.63, 3.8) is 0 Å². The highest BCUT2D eigenvalue weighted by atomic mass is 16.3. The quantitative estimate of drug-likeness (QED) is 0.644. The predicted molar refractivity (Wildman–Crippen MR) is 54.9 cm³/mol. The second-order valence-electron chi connectivity index (χ2n) is 5.28. The smallest absolute Gasteiger partial charge is 0.141 e. The molecule has 0 saturated heterocycles. The molecule has 4 atom stereocenters. The minimum atomic E-state index is -0.421. The van der Waals surface area contributed by atoms with Gasteiger partial charge in [0.05, 0.1) is 11.5 Å². The highest BCUT2D eigenvalue weighted by Crippen LogP contribution is 2.51. The van der Waals surface area contributed by atoms with E-state index in [2.05, 4.69) is 6.92 Å². The molecule has 2 rings (SSSR count). The molecule has 2 heteroatoms. The van der Waals surface area contributed by atoms with Gasteiger partial charge < -0.3 is 5.11 Å². The highest BCUT2D eigenvalue weighted by molar-refractivity contribution is 5.86. The monoisotopic (exact) mass is 196 g/mol. The Balaban J connectivity index is 2.34. The van der Waals surface area contributed by atoms with Crippen LogP contribution in [0, 0.1) is 17.3 Å². The van der Waals surface area contributed by atoms with Gasteiger partial charge in [-0.2, -0.15) is 0 Å². The Morgan fingerprint density at radius 1 is 1.36 bits per heavy atom. The number of carbonyl (C=O) groups excluding carboxylic acids is 1. The van der Waals surface area contributed by atoms with Gasteiger partial charge in [-0.25, -0.2) is 0 Å². The summed E-state index contributed by atoms with van der Waals surface area (Å²) in [5.41, 5.74) is -0.421. The molecule has 2 fully saturated rings. The Labute approximate surface area is 85.7 Å². The molecule has 0 spiro atoms. The second-order valence-corrected chi connectivity index (χ2v) is 5.28. The maximum Gasteiger partial charge on any atom is 0.141 e. The largest absolute Gasteiger partial charge is 0.392 e. The van der Waals surface area contributed by atoms with Crippen molar-refractivity contribution < 1.29 is 9.90 Å². The predicted octanol–water partition coefficient (Wildman–Crippen LogP) is 2.15. The number of hydrogen-bond acceptors (Lipinski definition) is 2. The van der Waals surface area contributed by atoms with Gasteiger partial charge in [0, 0.05) is 6.42 Å². The molecule has 0 aromatic heterocycles. The first-order chi connectivity index (χ1) is 6.56. The van der Waals surface area contributed by atoms with Crippen LogP contribution in [0.1, 0.15) is 46.0 Å². The molecule has 1 N–H and O–H groups in total. The summed E-state index contributed by atoms with van der Waals surface area (Å²) >= 11 is 0. The van der Waals surface area contributed by atoms with Crippen molar-refractivity contribution in [3.05, 3.63) is 0 Å². The number of hydrogen-bond donors (Lipinski definition) is 1. The van der Waals surface area contributed by atoms with Crippen LogP contribution in [0.15, 0.2) is 0 Å². The molecule has 0 aromatic rings. The van der Waals surface area contributed by atoms with Crippen LogP contribution in [0.2, 0.25) is 0 Å². The number of Topliss-reactive ketones (excluding diaryl/α,β-unsaturated/α-hetero) is 1. The summed E-state index contributed by atoms with van der Waals surface area (Å²) in [6, 6.07) is 0. The van der Waals surface area contributed by atoms with Crippen LogP contribution in [-0.2, 0) is 4.79 Å². The Bertz CT molecular complexity index is 249. The van der Waals surface area contributed by atoms with Gasteiger partial charge in [-0.05, 0) is 44.4 Å². The number of carbonyl (C=O) groups is 1. The standard InChI is InChI=1S/C12H20O2/c1-8-4-3-5-10(13)12(2)9(8)6-7-11(12)14/h8-9,11,14H,3-7H2,1-2H3/t8-,9+,11+,12+/m0/s1. The van der Waals surface area contributed by atoms with Crippen molar-refractivity contribution in [1.82, 2.24) is 0 Å². The summed E-state index contributed by atoms with van der Waals surface area (Å²) in [7, 11) is 0. The van der Waals surface area contributed by atoms with Crippen molar-refractivity contribution >= 4 is 5.78 Å². The zero-order valence-corrected chi connectivity index (χ0v) is 9.12. The molecule has 2 aliphatic carbocycles. The van der Waals surface area contributed by atoms with Crippen molar-refractivity contribution in [3.8, 4) is 0 Å². The summed E-state index contributed by atoms with van der Waals surface area (Å²) in [5, 5.41) is 9.98. The van der Waals surface area contributed by atoms with Gasteiger partial charge in [0.25, 0.3) is 0 Å². The molecule has 0 unspecified atom stereocenters. The molecule has 0 amide bonds. The summed E-state index contributed by atoms with van der Waals surface area (Å²) in [6.45, 7) is 4.22. The lowest BCUT2D eigenvalue weighted by molar-refractivity contribution is -0.135. The molecule has 0 radical (unpaired) electrons. The van der Waals surface area contributed by atoms with Gasteiger partial charge >= 0.3 is 0 Å². The van der Waals surface area contributed by atoms with Crippen molar-refractivity contribution in [2.45, 2.75) is 52.1 Å². The van der Waals surface area contributed by atoms with E-state index in [4.69, 9.17) is 0 Å². The van der Waals surface area contributed by atoms with Crippen LogP contribution in [0.4, 0.5) is 0 Å². The summed E-state index contributed by atoms with van der Waals surface area (Å²) in [5.74, 6) is 1.33. The molecule has 0 bridgehead atoms. The zero-order valence-electron chi connectivity index (χ0n) is 9.12. The van der Waals surface area contributed by atoms with Crippen LogP contribution < -0.4 is 0 Å². The SMILES string of the molecule is C[C@H]1CCCC(=O)[C@]2(C)[C@H](O)CC[C@H]12. The highest BCUT2D eigenvalue weighted by Gasteiger charge is 2.53. The summed E-state index contributed by atoms with van der Waals surface area (Å²) < 4.78 is 0. The van der Waals surface area contributed by atoms with E-state index >= 15 is 0 Å². The average Bonchev–Trinajstić information content (AvgIpc) is 2.39. The van der Waals surface area contributed by atoms with Crippen molar-refractivity contribution in [1.29, 1.82) is 0 Å². The molecule has 2 aliphatic rings. The van der Waals surface area contributed by atoms with Gasteiger partial charge in [0.2, 0.25) is 0 Å². The fourth-order valence-electron chi connectivity index (χ4n) is 3.51. The van der Waals surface area contributed by atoms with Crippen LogP contribution in [0.3, 0.4) is 0 Å². The van der Waals surface area contributed by atoms with Gasteiger partial charge in [-0.3, -0.25) is 4.79 Å². The Morgan fingerprint density at radius 2 is 2.07 bits per heavy atom. The van der Waals surface area contributed by atoms with E-state index in [1.165, 1.54) is 0 Å². The molecule has 0 heterocycles. The van der Waals surface area contributed by atoms with Crippen molar-refractivity contribution in [2.24, 2.45) is 17.3 Å². The number of rotatable bonds is 0. The lowest BCUT2D eigenvalue weighted by atomic mass is 9.70. The Kier molecular flexibility index (Phi) is 2.42. The van der Waals surface area contributed by atoms with Gasteiger partial charge in [-0.1, -0.05) is 6.92 Å². The van der Waals surface area contributed by atoms with Gasteiger partial charge in [0.15, 0.2) is 0 Å². The average molecular weight is 196 g/mol. The van der Waals surface area contributed by atoms with Crippen LogP contribution in [0.25, 0.3) is 0 Å². The molecule has 2 nitrogen and oxygen atoms in total. The topological polar surface area (TPSA) is 37.3 Å². The molecule has 14 heavy (non-hydrogen) atoms. The number of aliphatic hydroxyl groups excluding tert-OH is 1. The van der Waals surface area contributed by atoms with E-state index in [1.54, 1.807) is 0 Å². The van der Waals surface area contributed by atoms with E-state index in [0.29, 0.717) is 24.0 Å². The minimum absolute atomic E-state index is 0.303. The third kappa shape index (κ3) is 1.23. The number of aliphatic hydroxyl groups is 1. The first kappa shape index (κ1) is 10.2. The fraction of sp³-hybridized carbons (Fsp3) is 0.917.